The van der Waals surface area contributed by atoms with Gasteiger partial charge in [0.25, 0.3) is 0 Å². The molecule has 2 aromatic carbocycles. The van der Waals surface area contributed by atoms with E-state index in [0.717, 1.165) is 12.1 Å². The lowest BCUT2D eigenvalue weighted by molar-refractivity contribution is 0.435. The van der Waals surface area contributed by atoms with Crippen molar-refractivity contribution >= 4 is 0 Å². The quantitative estimate of drug-likeness (QED) is 0.670. The van der Waals surface area contributed by atoms with Gasteiger partial charge in [-0.3, -0.25) is 0 Å². The highest BCUT2D eigenvalue weighted by molar-refractivity contribution is 5.26. The summed E-state index contributed by atoms with van der Waals surface area (Å²) in [7, 11) is 0. The van der Waals surface area contributed by atoms with E-state index in [0.29, 0.717) is 5.56 Å². The molecule has 0 aliphatic carbocycles. The minimum atomic E-state index is -1.55. The largest absolute Gasteiger partial charge is 0.324 e. The minimum Gasteiger partial charge on any atom is -0.324 e. The van der Waals surface area contributed by atoms with Gasteiger partial charge in [0, 0.05) is 11.6 Å². The van der Waals surface area contributed by atoms with E-state index in [4.69, 9.17) is 5.73 Å². The van der Waals surface area contributed by atoms with Crippen molar-refractivity contribution in [2.45, 2.75) is 12.5 Å². The third-order valence-electron chi connectivity index (χ3n) is 2.81. The number of benzene rings is 2. The predicted octanol–water partition coefficient (Wildman–Crippen LogP) is 3.49. The second-order valence-corrected chi connectivity index (χ2v) is 4.21. The zero-order chi connectivity index (χ0) is 14.0. The van der Waals surface area contributed by atoms with Crippen LogP contribution in [0.2, 0.25) is 0 Å². The lowest BCUT2D eigenvalue weighted by Gasteiger charge is -2.13. The molecule has 0 bridgehead atoms. The lowest BCUT2D eigenvalue weighted by Crippen LogP contribution is -2.16. The average molecular weight is 269 g/mol. The smallest absolute Gasteiger partial charge is 0.194 e. The molecule has 0 amide bonds. The van der Waals surface area contributed by atoms with Crippen LogP contribution in [0, 0.1) is 23.3 Å². The predicted molar refractivity (Wildman–Crippen MR) is 63.3 cm³/mol. The Hall–Kier alpha value is -1.88. The Labute approximate surface area is 107 Å². The van der Waals surface area contributed by atoms with Gasteiger partial charge in [0.2, 0.25) is 0 Å². The van der Waals surface area contributed by atoms with Crippen molar-refractivity contribution in [2.75, 3.05) is 0 Å². The molecule has 0 radical (unpaired) electrons. The van der Waals surface area contributed by atoms with Crippen LogP contribution < -0.4 is 5.73 Å². The molecule has 100 valence electrons. The minimum absolute atomic E-state index is 0.125. The highest BCUT2D eigenvalue weighted by Gasteiger charge is 2.18. The number of hydrogen-bond donors (Lipinski definition) is 1. The summed E-state index contributed by atoms with van der Waals surface area (Å²) in [6, 6.07) is 6.69. The molecular weight excluding hydrogens is 258 g/mol. The first-order valence-electron chi connectivity index (χ1n) is 5.62. The Morgan fingerprint density at radius 1 is 0.947 bits per heavy atom. The molecule has 0 aromatic heterocycles. The normalized spacial score (nSPS) is 12.5. The van der Waals surface area contributed by atoms with Crippen molar-refractivity contribution in [3.8, 4) is 0 Å². The van der Waals surface area contributed by atoms with Gasteiger partial charge in [-0.05, 0) is 30.2 Å². The fraction of sp³-hybridized carbons (Fsp3) is 0.143. The molecule has 0 heterocycles. The monoisotopic (exact) mass is 269 g/mol. The third-order valence-corrected chi connectivity index (χ3v) is 2.81. The zero-order valence-electron chi connectivity index (χ0n) is 9.84. The number of nitrogens with two attached hydrogens (primary N) is 1. The Balaban J connectivity index is 2.25. The van der Waals surface area contributed by atoms with Gasteiger partial charge in [0.05, 0.1) is 0 Å². The van der Waals surface area contributed by atoms with Crippen molar-refractivity contribution in [1.82, 2.24) is 0 Å². The molecule has 2 N–H and O–H groups in total. The van der Waals surface area contributed by atoms with Crippen LogP contribution in [0.3, 0.4) is 0 Å². The van der Waals surface area contributed by atoms with Crippen molar-refractivity contribution in [1.29, 1.82) is 0 Å². The third kappa shape index (κ3) is 2.93. The molecule has 19 heavy (non-hydrogen) atoms. The van der Waals surface area contributed by atoms with E-state index in [1.54, 1.807) is 6.07 Å². The fourth-order valence-corrected chi connectivity index (χ4v) is 1.86. The number of rotatable bonds is 3. The lowest BCUT2D eigenvalue weighted by atomic mass is 9.99. The van der Waals surface area contributed by atoms with Crippen molar-refractivity contribution in [2.24, 2.45) is 5.73 Å². The summed E-state index contributed by atoms with van der Waals surface area (Å²) >= 11 is 0. The summed E-state index contributed by atoms with van der Waals surface area (Å²) in [6.45, 7) is 0. The topological polar surface area (TPSA) is 26.0 Å². The molecule has 2 aromatic rings. The highest BCUT2D eigenvalue weighted by atomic mass is 19.2. The summed E-state index contributed by atoms with van der Waals surface area (Å²) in [5, 5.41) is 0. The van der Waals surface area contributed by atoms with Crippen LogP contribution >= 0.6 is 0 Å². The van der Waals surface area contributed by atoms with Gasteiger partial charge in [-0.1, -0.05) is 18.2 Å². The van der Waals surface area contributed by atoms with Crippen LogP contribution in [0.5, 0.6) is 0 Å². The van der Waals surface area contributed by atoms with Gasteiger partial charge < -0.3 is 5.73 Å². The molecule has 2 rings (SSSR count). The first kappa shape index (κ1) is 13.5. The van der Waals surface area contributed by atoms with Crippen LogP contribution in [-0.4, -0.2) is 0 Å². The van der Waals surface area contributed by atoms with Gasteiger partial charge in [-0.2, -0.15) is 0 Å². The standard InChI is InChI=1S/C14H11F4N/c15-9-3-1-2-8(6-9)7-12(19)10-4-5-11(16)14(18)13(10)17/h1-6,12H,7,19H2. The van der Waals surface area contributed by atoms with E-state index >= 15 is 0 Å². The molecule has 5 heteroatoms. The molecule has 0 saturated carbocycles. The first-order valence-corrected chi connectivity index (χ1v) is 5.62. The average Bonchev–Trinajstić information content (AvgIpc) is 2.36. The molecule has 1 unspecified atom stereocenters. The van der Waals surface area contributed by atoms with Crippen molar-refractivity contribution < 1.29 is 17.6 Å². The van der Waals surface area contributed by atoms with E-state index in [2.05, 4.69) is 0 Å². The van der Waals surface area contributed by atoms with Crippen LogP contribution in [0.25, 0.3) is 0 Å². The number of hydrogen-bond acceptors (Lipinski definition) is 1. The van der Waals surface area contributed by atoms with Gasteiger partial charge in [0.15, 0.2) is 17.5 Å². The van der Waals surface area contributed by atoms with Crippen molar-refractivity contribution in [3.05, 3.63) is 70.8 Å². The summed E-state index contributed by atoms with van der Waals surface area (Å²) in [5.74, 6) is -4.55. The molecule has 1 atom stereocenters. The highest BCUT2D eigenvalue weighted by Crippen LogP contribution is 2.22. The van der Waals surface area contributed by atoms with Crippen LogP contribution in [0.1, 0.15) is 17.2 Å². The van der Waals surface area contributed by atoms with Crippen LogP contribution in [0.15, 0.2) is 36.4 Å². The van der Waals surface area contributed by atoms with E-state index in [1.165, 1.54) is 18.2 Å². The Kier molecular flexibility index (Phi) is 3.85. The van der Waals surface area contributed by atoms with Crippen molar-refractivity contribution in [3.63, 3.8) is 0 Å². The molecule has 0 fully saturated rings. The van der Waals surface area contributed by atoms with E-state index in [1.807, 2.05) is 0 Å². The first-order chi connectivity index (χ1) is 8.99. The maximum Gasteiger partial charge on any atom is 0.194 e. The summed E-state index contributed by atoms with van der Waals surface area (Å²) in [6.07, 6.45) is 0.125. The summed E-state index contributed by atoms with van der Waals surface area (Å²) in [5.41, 5.74) is 6.16. The van der Waals surface area contributed by atoms with Gasteiger partial charge >= 0.3 is 0 Å². The SMILES string of the molecule is NC(Cc1cccc(F)c1)c1ccc(F)c(F)c1F. The van der Waals surface area contributed by atoms with Gasteiger partial charge in [0.1, 0.15) is 5.82 Å². The molecule has 0 aliphatic rings. The Morgan fingerprint density at radius 2 is 1.68 bits per heavy atom. The maximum atomic E-state index is 13.5. The Bertz CT molecular complexity index is 598. The van der Waals surface area contributed by atoms with Crippen LogP contribution in [0.4, 0.5) is 17.6 Å². The summed E-state index contributed by atoms with van der Waals surface area (Å²) < 4.78 is 52.4. The Morgan fingerprint density at radius 3 is 2.37 bits per heavy atom. The zero-order valence-corrected chi connectivity index (χ0v) is 9.84. The molecule has 0 spiro atoms. The molecule has 0 aliphatic heterocycles. The van der Waals surface area contributed by atoms with Gasteiger partial charge in [-0.25, -0.2) is 17.6 Å². The maximum absolute atomic E-state index is 13.5. The fourth-order valence-electron chi connectivity index (χ4n) is 1.86. The summed E-state index contributed by atoms with van der Waals surface area (Å²) in [4.78, 5) is 0. The molecular formula is C14H11F4N. The number of halogens is 4. The van der Waals surface area contributed by atoms with E-state index < -0.39 is 29.3 Å². The molecule has 0 saturated heterocycles. The molecule has 1 nitrogen and oxygen atoms in total. The second-order valence-electron chi connectivity index (χ2n) is 4.21. The van der Waals surface area contributed by atoms with Crippen LogP contribution in [-0.2, 0) is 6.42 Å². The van der Waals surface area contributed by atoms with Gasteiger partial charge in [-0.15, -0.1) is 0 Å². The van der Waals surface area contributed by atoms with E-state index in [-0.39, 0.29) is 12.0 Å². The second kappa shape index (κ2) is 5.40. The van der Waals surface area contributed by atoms with E-state index in [9.17, 15) is 17.6 Å².